The summed E-state index contributed by atoms with van der Waals surface area (Å²) in [6.07, 6.45) is 2.29. The summed E-state index contributed by atoms with van der Waals surface area (Å²) >= 11 is 0. The molecular formula is C17H17N7O. The van der Waals surface area contributed by atoms with Crippen LogP contribution in [0.5, 0.6) is 5.88 Å². The normalized spacial score (nSPS) is 11.1. The standard InChI is InChI=1S/C17H17N7O/c1-3-12-9-14-20-21-16(13-7-5-4-6-8-13)24(14)22-17(12)25-10-15-18-11-19-23(15)2/h4-9,11H,3,10H2,1-2H3. The SMILES string of the molecule is CCc1cc2nnc(-c3ccccc3)n2nc1OCc1ncnn1C. The molecule has 126 valence electrons. The predicted octanol–water partition coefficient (Wildman–Crippen LogP) is 2.06. The Labute approximate surface area is 144 Å². The van der Waals surface area contributed by atoms with Crippen molar-refractivity contribution in [3.63, 3.8) is 0 Å². The maximum Gasteiger partial charge on any atom is 0.235 e. The van der Waals surface area contributed by atoms with Crippen LogP contribution < -0.4 is 4.74 Å². The molecule has 0 saturated carbocycles. The number of hydrogen-bond acceptors (Lipinski definition) is 6. The van der Waals surface area contributed by atoms with Gasteiger partial charge in [0.1, 0.15) is 12.9 Å². The molecule has 3 aromatic heterocycles. The molecule has 8 heteroatoms. The molecule has 0 fully saturated rings. The quantitative estimate of drug-likeness (QED) is 0.555. The summed E-state index contributed by atoms with van der Waals surface area (Å²) in [5.74, 6) is 1.97. The average molecular weight is 335 g/mol. The zero-order valence-electron chi connectivity index (χ0n) is 14.0. The fourth-order valence-electron chi connectivity index (χ4n) is 2.58. The maximum atomic E-state index is 5.91. The van der Waals surface area contributed by atoms with Crippen molar-refractivity contribution in [3.05, 3.63) is 54.1 Å². The van der Waals surface area contributed by atoms with Gasteiger partial charge in [-0.05, 0) is 12.5 Å². The summed E-state index contributed by atoms with van der Waals surface area (Å²) in [5, 5.41) is 17.2. The van der Waals surface area contributed by atoms with Crippen molar-refractivity contribution >= 4 is 5.65 Å². The molecule has 0 unspecified atom stereocenters. The molecule has 8 nitrogen and oxygen atoms in total. The van der Waals surface area contributed by atoms with Crippen LogP contribution in [0.2, 0.25) is 0 Å². The minimum Gasteiger partial charge on any atom is -0.468 e. The fourth-order valence-corrected chi connectivity index (χ4v) is 2.58. The van der Waals surface area contributed by atoms with Gasteiger partial charge in [0.25, 0.3) is 0 Å². The van der Waals surface area contributed by atoms with Crippen molar-refractivity contribution < 1.29 is 4.74 Å². The third-order valence-corrected chi connectivity index (χ3v) is 3.99. The summed E-state index contributed by atoms with van der Waals surface area (Å²) in [6, 6.07) is 11.8. The van der Waals surface area contributed by atoms with Gasteiger partial charge >= 0.3 is 0 Å². The van der Waals surface area contributed by atoms with Crippen LogP contribution in [-0.4, -0.2) is 34.6 Å². The van der Waals surface area contributed by atoms with Crippen molar-refractivity contribution in [2.45, 2.75) is 20.0 Å². The molecule has 0 aliphatic heterocycles. The molecule has 0 radical (unpaired) electrons. The van der Waals surface area contributed by atoms with E-state index in [2.05, 4.69) is 32.3 Å². The smallest absolute Gasteiger partial charge is 0.235 e. The number of rotatable bonds is 5. The first kappa shape index (κ1) is 15.3. The van der Waals surface area contributed by atoms with E-state index in [1.54, 1.807) is 9.20 Å². The number of aryl methyl sites for hydroxylation is 2. The molecule has 4 rings (SSSR count). The molecule has 3 heterocycles. The van der Waals surface area contributed by atoms with E-state index in [1.807, 2.05) is 43.4 Å². The molecule has 0 amide bonds. The van der Waals surface area contributed by atoms with Crippen LogP contribution in [0, 0.1) is 0 Å². The summed E-state index contributed by atoms with van der Waals surface area (Å²) in [5.41, 5.74) is 2.62. The molecule has 0 spiro atoms. The molecule has 0 atom stereocenters. The van der Waals surface area contributed by atoms with E-state index in [9.17, 15) is 0 Å². The molecule has 25 heavy (non-hydrogen) atoms. The van der Waals surface area contributed by atoms with Gasteiger partial charge in [-0.1, -0.05) is 37.3 Å². The first-order valence-corrected chi connectivity index (χ1v) is 8.02. The van der Waals surface area contributed by atoms with Gasteiger partial charge in [-0.3, -0.25) is 4.68 Å². The van der Waals surface area contributed by atoms with Gasteiger partial charge in [0.2, 0.25) is 5.88 Å². The molecule has 0 aliphatic rings. The fraction of sp³-hybridized carbons (Fsp3) is 0.235. The third kappa shape index (κ3) is 2.82. The van der Waals surface area contributed by atoms with Gasteiger partial charge in [-0.2, -0.15) is 9.61 Å². The Hall–Kier alpha value is -3.29. The van der Waals surface area contributed by atoms with E-state index < -0.39 is 0 Å². The number of hydrogen-bond donors (Lipinski definition) is 0. The van der Waals surface area contributed by atoms with Crippen LogP contribution >= 0.6 is 0 Å². The second-order valence-electron chi connectivity index (χ2n) is 5.58. The van der Waals surface area contributed by atoms with E-state index in [0.29, 0.717) is 24.0 Å². The molecule has 0 saturated heterocycles. The molecule has 4 aromatic rings. The monoisotopic (exact) mass is 335 g/mol. The van der Waals surface area contributed by atoms with Crippen LogP contribution in [-0.2, 0) is 20.1 Å². The molecule has 1 aromatic carbocycles. The van der Waals surface area contributed by atoms with E-state index in [1.165, 1.54) is 6.33 Å². The third-order valence-electron chi connectivity index (χ3n) is 3.99. The van der Waals surface area contributed by atoms with Crippen molar-refractivity contribution in [2.24, 2.45) is 7.05 Å². The lowest BCUT2D eigenvalue weighted by Crippen LogP contribution is -2.08. The topological polar surface area (TPSA) is 83.0 Å². The summed E-state index contributed by atoms with van der Waals surface area (Å²) in [7, 11) is 1.83. The first-order valence-electron chi connectivity index (χ1n) is 8.02. The maximum absolute atomic E-state index is 5.91. The van der Waals surface area contributed by atoms with E-state index >= 15 is 0 Å². The average Bonchev–Trinajstić information content (AvgIpc) is 3.25. The number of aromatic nitrogens is 7. The summed E-state index contributed by atoms with van der Waals surface area (Å²) in [6.45, 7) is 2.35. The number of fused-ring (bicyclic) bond motifs is 1. The van der Waals surface area contributed by atoms with Crippen LogP contribution in [0.3, 0.4) is 0 Å². The zero-order chi connectivity index (χ0) is 17.2. The Balaban J connectivity index is 1.74. The molecule has 0 aliphatic carbocycles. The highest BCUT2D eigenvalue weighted by Crippen LogP contribution is 2.22. The van der Waals surface area contributed by atoms with Gasteiger partial charge in [0.15, 0.2) is 17.3 Å². The largest absolute Gasteiger partial charge is 0.468 e. The van der Waals surface area contributed by atoms with Crippen LogP contribution in [0.15, 0.2) is 42.7 Å². The van der Waals surface area contributed by atoms with Crippen LogP contribution in [0.4, 0.5) is 0 Å². The van der Waals surface area contributed by atoms with Crippen molar-refractivity contribution in [1.82, 2.24) is 34.6 Å². The minimum absolute atomic E-state index is 0.296. The lowest BCUT2D eigenvalue weighted by atomic mass is 10.2. The number of benzene rings is 1. The van der Waals surface area contributed by atoms with Crippen LogP contribution in [0.25, 0.3) is 17.0 Å². The minimum atomic E-state index is 0.296. The number of nitrogens with zero attached hydrogens (tertiary/aromatic N) is 7. The summed E-state index contributed by atoms with van der Waals surface area (Å²) < 4.78 is 9.30. The highest BCUT2D eigenvalue weighted by atomic mass is 16.5. The van der Waals surface area contributed by atoms with Gasteiger partial charge in [-0.15, -0.1) is 15.3 Å². The molecule has 0 N–H and O–H groups in total. The van der Waals surface area contributed by atoms with Gasteiger partial charge in [0.05, 0.1) is 0 Å². The van der Waals surface area contributed by atoms with Crippen molar-refractivity contribution in [2.75, 3.05) is 0 Å². The Morgan fingerprint density at radius 3 is 2.68 bits per heavy atom. The Morgan fingerprint density at radius 2 is 1.96 bits per heavy atom. The van der Waals surface area contributed by atoms with Crippen LogP contribution in [0.1, 0.15) is 18.3 Å². The van der Waals surface area contributed by atoms with Crippen molar-refractivity contribution in [1.29, 1.82) is 0 Å². The summed E-state index contributed by atoms with van der Waals surface area (Å²) in [4.78, 5) is 4.17. The van der Waals surface area contributed by atoms with Gasteiger partial charge in [0, 0.05) is 18.2 Å². The first-order chi connectivity index (χ1) is 12.3. The van der Waals surface area contributed by atoms with E-state index in [0.717, 1.165) is 23.4 Å². The van der Waals surface area contributed by atoms with Gasteiger partial charge < -0.3 is 4.74 Å². The van der Waals surface area contributed by atoms with E-state index in [-0.39, 0.29) is 0 Å². The second-order valence-corrected chi connectivity index (χ2v) is 5.58. The number of ether oxygens (including phenoxy) is 1. The predicted molar refractivity (Wildman–Crippen MR) is 90.9 cm³/mol. The Kier molecular flexibility index (Phi) is 3.85. The lowest BCUT2D eigenvalue weighted by Gasteiger charge is -2.10. The lowest BCUT2D eigenvalue weighted by molar-refractivity contribution is 0.271. The zero-order valence-corrected chi connectivity index (χ0v) is 14.0. The van der Waals surface area contributed by atoms with Gasteiger partial charge in [-0.25, -0.2) is 4.98 Å². The van der Waals surface area contributed by atoms with E-state index in [4.69, 9.17) is 4.74 Å². The Bertz CT molecular complexity index is 1010. The molecular weight excluding hydrogens is 318 g/mol. The molecule has 0 bridgehead atoms. The second kappa shape index (κ2) is 6.31. The van der Waals surface area contributed by atoms with Crippen molar-refractivity contribution in [3.8, 4) is 17.3 Å². The highest BCUT2D eigenvalue weighted by Gasteiger charge is 2.14. The Morgan fingerprint density at radius 1 is 1.12 bits per heavy atom. The highest BCUT2D eigenvalue weighted by molar-refractivity contribution is 5.59.